The van der Waals surface area contributed by atoms with Crippen LogP contribution in [0.3, 0.4) is 0 Å². The highest BCUT2D eigenvalue weighted by atomic mass is 35.5. The van der Waals surface area contributed by atoms with E-state index in [2.05, 4.69) is 9.97 Å². The standard InChI is InChI=1S/C6H9N3O2.2ClH/c7-5(6(10)11)1-4-2-8-3-9-4;;/h2-3,5H,1,7H2,(H,8,9)(H,10,11);2*1H/t5-;;/m0../s1. The van der Waals surface area contributed by atoms with Crippen LogP contribution in [0.4, 0.5) is 0 Å². The molecule has 0 aliphatic rings. The van der Waals surface area contributed by atoms with E-state index < -0.39 is 12.0 Å². The van der Waals surface area contributed by atoms with Gasteiger partial charge in [-0.15, -0.1) is 0 Å². The molecule has 0 aromatic carbocycles. The number of aromatic nitrogens is 2. The number of nitrogens with zero attached hydrogens (tertiary/aromatic N) is 1. The molecular weight excluding hydrogens is 217 g/mol. The van der Waals surface area contributed by atoms with Crippen LogP contribution >= 0.6 is 0 Å². The van der Waals surface area contributed by atoms with Gasteiger partial charge in [-0.2, -0.15) is 0 Å². The fraction of sp³-hybridized carbons (Fsp3) is 0.333. The number of rotatable bonds is 3. The minimum Gasteiger partial charge on any atom is -1.00 e. The van der Waals surface area contributed by atoms with Gasteiger partial charge >= 0.3 is 8.82 Å². The summed E-state index contributed by atoms with van der Waals surface area (Å²) in [7, 11) is 0. The molecule has 13 heavy (non-hydrogen) atoms. The zero-order valence-corrected chi connectivity index (χ0v) is 8.09. The van der Waals surface area contributed by atoms with Crippen molar-refractivity contribution in [3.05, 3.63) is 18.2 Å². The number of nitrogens with two attached hydrogens (primary N) is 1. The first-order valence-corrected chi connectivity index (χ1v) is 3.16. The number of aliphatic carboxylic acids is 1. The molecule has 4 N–H and O–H groups in total. The van der Waals surface area contributed by atoms with E-state index in [0.29, 0.717) is 0 Å². The van der Waals surface area contributed by atoms with Gasteiger partial charge in [0, 0.05) is 18.3 Å². The Kier molecular flexibility index (Phi) is 7.60. The lowest BCUT2D eigenvalue weighted by Gasteiger charge is -2.02. The van der Waals surface area contributed by atoms with Gasteiger partial charge in [0.05, 0.1) is 6.33 Å². The van der Waals surface area contributed by atoms with Crippen molar-refractivity contribution >= 4 is 5.97 Å². The molecule has 76 valence electrons. The number of carboxylic acid groups (broad SMARTS) is 1. The molecular formula is C6H11Cl2N3O2. The summed E-state index contributed by atoms with van der Waals surface area (Å²) in [5.41, 5.74) is 6.00. The number of carbonyl (C=O) groups is 1. The molecule has 0 spiro atoms. The lowest BCUT2D eigenvalue weighted by Crippen LogP contribution is -3.00. The van der Waals surface area contributed by atoms with Crippen molar-refractivity contribution < 1.29 is 37.6 Å². The molecule has 1 heterocycles. The molecule has 0 amide bonds. The van der Waals surface area contributed by atoms with Crippen LogP contribution in [0.5, 0.6) is 0 Å². The van der Waals surface area contributed by atoms with Gasteiger partial charge in [0.2, 0.25) is 0 Å². The molecule has 1 atom stereocenters. The smallest absolute Gasteiger partial charge is 1.00 e. The Morgan fingerprint density at radius 1 is 1.77 bits per heavy atom. The lowest BCUT2D eigenvalue weighted by molar-refractivity contribution is -0.138. The summed E-state index contributed by atoms with van der Waals surface area (Å²) in [6, 6.07) is -0.851. The fourth-order valence-corrected chi connectivity index (χ4v) is 0.721. The normalized spacial score (nSPS) is 10.8. The average molecular weight is 228 g/mol. The van der Waals surface area contributed by atoms with E-state index in [1.165, 1.54) is 6.33 Å². The molecule has 1 aromatic heterocycles. The van der Waals surface area contributed by atoms with Crippen molar-refractivity contribution in [3.63, 3.8) is 0 Å². The van der Waals surface area contributed by atoms with Crippen LogP contribution in [0.1, 0.15) is 8.55 Å². The summed E-state index contributed by atoms with van der Waals surface area (Å²) < 4.78 is 0. The molecule has 0 aliphatic heterocycles. The van der Waals surface area contributed by atoms with E-state index >= 15 is 0 Å². The highest BCUT2D eigenvalue weighted by Crippen LogP contribution is 1.95. The minimum atomic E-state index is -1.00. The first-order chi connectivity index (χ1) is 5.20. The van der Waals surface area contributed by atoms with Crippen molar-refractivity contribution in [1.82, 2.24) is 9.97 Å². The summed E-state index contributed by atoms with van der Waals surface area (Å²) >= 11 is 0. The van der Waals surface area contributed by atoms with Gasteiger partial charge in [-0.05, 0) is 0 Å². The average Bonchev–Trinajstić information content (AvgIpc) is 2.39. The maximum atomic E-state index is 10.3. The molecule has 0 radical (unpaired) electrons. The van der Waals surface area contributed by atoms with E-state index in [9.17, 15) is 4.79 Å². The number of hydrogen-bond donors (Lipinski definition) is 3. The number of aromatic amines is 1. The molecule has 0 saturated heterocycles. The predicted octanol–water partition coefficient (Wildman–Crippen LogP) is -6.40. The van der Waals surface area contributed by atoms with E-state index in [1.807, 2.05) is 0 Å². The second-order valence-corrected chi connectivity index (χ2v) is 2.23. The van der Waals surface area contributed by atoms with E-state index in [0.717, 1.165) is 5.69 Å². The van der Waals surface area contributed by atoms with Crippen LogP contribution in [0.25, 0.3) is 0 Å². The quantitative estimate of drug-likeness (QED) is 0.479. The monoisotopic (exact) mass is 227 g/mol. The zero-order valence-electron chi connectivity index (χ0n) is 8.58. The largest absolute Gasteiger partial charge is 1.00 e. The summed E-state index contributed by atoms with van der Waals surface area (Å²) in [5.74, 6) is -1.00. The summed E-state index contributed by atoms with van der Waals surface area (Å²) in [6.07, 6.45) is 3.34. The number of hydrogen-bond acceptors (Lipinski definition) is 3. The van der Waals surface area contributed by atoms with Crippen molar-refractivity contribution in [2.75, 3.05) is 0 Å². The zero-order chi connectivity index (χ0) is 8.27. The first-order valence-electron chi connectivity index (χ1n) is 3.16. The molecule has 0 saturated carbocycles. The second-order valence-electron chi connectivity index (χ2n) is 2.23. The first kappa shape index (κ1) is 14.7. The summed E-state index contributed by atoms with van der Waals surface area (Å²) in [6.45, 7) is 0. The maximum absolute atomic E-state index is 10.3. The number of imidazole rings is 1. The van der Waals surface area contributed by atoms with E-state index in [-0.39, 0.29) is 34.1 Å². The molecule has 1 rings (SSSR count). The van der Waals surface area contributed by atoms with Crippen LogP contribution in [-0.4, -0.2) is 27.1 Å². The van der Waals surface area contributed by atoms with Crippen LogP contribution in [-0.2, 0) is 11.2 Å². The van der Waals surface area contributed by atoms with Crippen LogP contribution in [0.2, 0.25) is 0 Å². The molecule has 1 aromatic rings. The Labute approximate surface area is 90.5 Å². The van der Waals surface area contributed by atoms with Crippen molar-refractivity contribution in [2.24, 2.45) is 5.73 Å². The molecule has 0 fully saturated rings. The molecule has 0 bridgehead atoms. The molecule has 0 aliphatic carbocycles. The van der Waals surface area contributed by atoms with Crippen LogP contribution in [0.15, 0.2) is 12.5 Å². The SMILES string of the molecule is N[C@@H](Cc1cnc[nH]1)C(=O)O.[Cl-].[Cl-].[H+].[H+]. The van der Waals surface area contributed by atoms with Gasteiger partial charge in [0.1, 0.15) is 6.04 Å². The van der Waals surface area contributed by atoms with Gasteiger partial charge in [-0.1, -0.05) is 0 Å². The Balaban J connectivity index is -0.000000151. The van der Waals surface area contributed by atoms with Crippen molar-refractivity contribution in [3.8, 4) is 0 Å². The Hall–Kier alpha value is -0.780. The molecule has 0 unspecified atom stereocenters. The van der Waals surface area contributed by atoms with Crippen molar-refractivity contribution in [1.29, 1.82) is 0 Å². The number of halogens is 2. The Morgan fingerprint density at radius 3 is 2.77 bits per heavy atom. The minimum absolute atomic E-state index is 0. The maximum Gasteiger partial charge on any atom is 1.00 e. The van der Waals surface area contributed by atoms with E-state index in [4.69, 9.17) is 10.8 Å². The Bertz CT molecular complexity index is 249. The summed E-state index contributed by atoms with van der Waals surface area (Å²) in [5, 5.41) is 8.42. The van der Waals surface area contributed by atoms with Gasteiger partial charge < -0.3 is 40.6 Å². The molecule has 7 heteroatoms. The third-order valence-electron chi connectivity index (χ3n) is 1.31. The van der Waals surface area contributed by atoms with Crippen LogP contribution in [0, 0.1) is 0 Å². The fourth-order valence-electron chi connectivity index (χ4n) is 0.721. The van der Waals surface area contributed by atoms with Gasteiger partial charge in [-0.3, -0.25) is 4.79 Å². The number of nitrogens with one attached hydrogen (secondary N) is 1. The number of H-pyrrole nitrogens is 1. The third-order valence-corrected chi connectivity index (χ3v) is 1.31. The third kappa shape index (κ3) is 4.72. The van der Waals surface area contributed by atoms with Gasteiger partial charge in [-0.25, -0.2) is 4.98 Å². The summed E-state index contributed by atoms with van der Waals surface area (Å²) in [4.78, 5) is 16.8. The van der Waals surface area contributed by atoms with Gasteiger partial charge in [0.25, 0.3) is 0 Å². The van der Waals surface area contributed by atoms with Gasteiger partial charge in [0.15, 0.2) is 0 Å². The Morgan fingerprint density at radius 2 is 2.38 bits per heavy atom. The molecule has 5 nitrogen and oxygen atoms in total. The van der Waals surface area contributed by atoms with E-state index in [1.54, 1.807) is 6.20 Å². The lowest BCUT2D eigenvalue weighted by atomic mass is 10.2. The highest BCUT2D eigenvalue weighted by molar-refractivity contribution is 5.73. The second kappa shape index (κ2) is 6.71. The topological polar surface area (TPSA) is 92.0 Å². The highest BCUT2D eigenvalue weighted by Gasteiger charge is 2.11. The predicted molar refractivity (Wildman–Crippen MR) is 40.1 cm³/mol. The van der Waals surface area contributed by atoms with Crippen molar-refractivity contribution in [2.45, 2.75) is 12.5 Å². The van der Waals surface area contributed by atoms with Crippen LogP contribution < -0.4 is 30.5 Å². The number of carboxylic acids is 1.